The first kappa shape index (κ1) is 10.8. The van der Waals surface area contributed by atoms with Gasteiger partial charge in [0.25, 0.3) is 0 Å². The zero-order valence-corrected chi connectivity index (χ0v) is 8.38. The Morgan fingerprint density at radius 2 is 2.36 bits per heavy atom. The van der Waals surface area contributed by atoms with Crippen molar-refractivity contribution in [2.75, 3.05) is 0 Å². The lowest BCUT2D eigenvalue weighted by Crippen LogP contribution is -2.13. The molecule has 74 valence electrons. The van der Waals surface area contributed by atoms with Crippen LogP contribution in [0, 0.1) is 17.1 Å². The van der Waals surface area contributed by atoms with E-state index in [1.807, 2.05) is 6.07 Å². The van der Waals surface area contributed by atoms with Crippen molar-refractivity contribution >= 4 is 11.6 Å². The summed E-state index contributed by atoms with van der Waals surface area (Å²) in [5, 5.41) is 8.61. The second-order valence-corrected chi connectivity index (χ2v) is 3.10. The molecule has 2 nitrogen and oxygen atoms in total. The number of benzene rings is 1. The second kappa shape index (κ2) is 4.83. The first-order valence-corrected chi connectivity index (χ1v) is 4.57. The van der Waals surface area contributed by atoms with Crippen molar-refractivity contribution in [3.05, 3.63) is 29.0 Å². The lowest BCUT2D eigenvalue weighted by atomic mass is 10.3. The molecule has 1 aromatic carbocycles. The van der Waals surface area contributed by atoms with E-state index in [0.717, 1.165) is 0 Å². The molecule has 0 saturated carbocycles. The van der Waals surface area contributed by atoms with Gasteiger partial charge in [0, 0.05) is 0 Å². The zero-order valence-electron chi connectivity index (χ0n) is 7.63. The molecule has 0 amide bonds. The van der Waals surface area contributed by atoms with Gasteiger partial charge in [-0.15, -0.1) is 0 Å². The summed E-state index contributed by atoms with van der Waals surface area (Å²) in [5.74, 6) is -0.603. The fourth-order valence-corrected chi connectivity index (χ4v) is 1.10. The molecule has 0 heterocycles. The Morgan fingerprint density at radius 1 is 1.64 bits per heavy atom. The maximum absolute atomic E-state index is 13.3. The number of nitriles is 1. The third-order valence-corrected chi connectivity index (χ3v) is 1.99. The summed E-state index contributed by atoms with van der Waals surface area (Å²) in [6, 6.07) is 6.36. The smallest absolute Gasteiger partial charge is 0.184 e. The highest BCUT2D eigenvalue weighted by atomic mass is 35.5. The molecule has 14 heavy (non-hydrogen) atoms. The van der Waals surface area contributed by atoms with Crippen LogP contribution in [0.25, 0.3) is 0 Å². The highest BCUT2D eigenvalue weighted by molar-refractivity contribution is 6.30. The average Bonchev–Trinajstić information content (AvgIpc) is 2.20. The molecule has 0 aliphatic rings. The standard InChI is InChI=1S/C10H9ClFNO/c1-2-7(6-13)14-9-5-3-4-8(11)10(9)12/h3-5,7H,2H2,1H3. The number of nitrogens with zero attached hydrogens (tertiary/aromatic N) is 1. The predicted molar refractivity (Wildman–Crippen MR) is 51.7 cm³/mol. The zero-order chi connectivity index (χ0) is 10.6. The van der Waals surface area contributed by atoms with E-state index in [2.05, 4.69) is 0 Å². The Morgan fingerprint density at radius 3 is 2.93 bits per heavy atom. The normalized spacial score (nSPS) is 11.9. The van der Waals surface area contributed by atoms with Crippen molar-refractivity contribution in [1.82, 2.24) is 0 Å². The molecule has 0 fully saturated rings. The lowest BCUT2D eigenvalue weighted by Gasteiger charge is -2.10. The van der Waals surface area contributed by atoms with Crippen LogP contribution >= 0.6 is 11.6 Å². The minimum atomic E-state index is -0.636. The minimum absolute atomic E-state index is 0.00436. The largest absolute Gasteiger partial charge is 0.472 e. The Bertz CT molecular complexity index is 362. The number of rotatable bonds is 3. The fraction of sp³-hybridized carbons (Fsp3) is 0.300. The van der Waals surface area contributed by atoms with Gasteiger partial charge in [-0.25, -0.2) is 4.39 Å². The van der Waals surface area contributed by atoms with Gasteiger partial charge in [0.2, 0.25) is 0 Å². The van der Waals surface area contributed by atoms with Gasteiger partial charge < -0.3 is 4.74 Å². The van der Waals surface area contributed by atoms with E-state index in [0.29, 0.717) is 6.42 Å². The van der Waals surface area contributed by atoms with E-state index in [1.54, 1.807) is 13.0 Å². The van der Waals surface area contributed by atoms with E-state index in [9.17, 15) is 4.39 Å². The average molecular weight is 214 g/mol. The Hall–Kier alpha value is -1.27. The lowest BCUT2D eigenvalue weighted by molar-refractivity contribution is 0.240. The van der Waals surface area contributed by atoms with Crippen LogP contribution in [0.4, 0.5) is 4.39 Å². The van der Waals surface area contributed by atoms with Crippen molar-refractivity contribution < 1.29 is 9.13 Å². The topological polar surface area (TPSA) is 33.0 Å². The van der Waals surface area contributed by atoms with Gasteiger partial charge in [0.05, 0.1) is 5.02 Å². The van der Waals surface area contributed by atoms with Gasteiger partial charge in [0.1, 0.15) is 6.07 Å². The molecule has 0 radical (unpaired) electrons. The van der Waals surface area contributed by atoms with Crippen LogP contribution in [-0.2, 0) is 0 Å². The van der Waals surface area contributed by atoms with Crippen LogP contribution < -0.4 is 4.74 Å². The monoisotopic (exact) mass is 213 g/mol. The van der Waals surface area contributed by atoms with Crippen molar-refractivity contribution in [3.8, 4) is 11.8 Å². The SMILES string of the molecule is CCC(C#N)Oc1cccc(Cl)c1F. The highest BCUT2D eigenvalue weighted by Gasteiger charge is 2.11. The molecule has 0 saturated heterocycles. The fourth-order valence-electron chi connectivity index (χ4n) is 0.929. The Balaban J connectivity index is 2.87. The van der Waals surface area contributed by atoms with Crippen LogP contribution in [0.2, 0.25) is 5.02 Å². The summed E-state index contributed by atoms with van der Waals surface area (Å²) in [6.07, 6.45) is -0.134. The van der Waals surface area contributed by atoms with E-state index in [1.165, 1.54) is 12.1 Å². The number of hydrogen-bond acceptors (Lipinski definition) is 2. The predicted octanol–water partition coefficient (Wildman–Crippen LogP) is 3.16. The van der Waals surface area contributed by atoms with Crippen LogP contribution in [-0.4, -0.2) is 6.10 Å². The van der Waals surface area contributed by atoms with Gasteiger partial charge in [-0.2, -0.15) is 5.26 Å². The summed E-state index contributed by atoms with van der Waals surface area (Å²) in [6.45, 7) is 1.79. The number of ether oxygens (including phenoxy) is 1. The summed E-state index contributed by atoms with van der Waals surface area (Å²) in [4.78, 5) is 0. The van der Waals surface area contributed by atoms with Gasteiger partial charge in [0.15, 0.2) is 17.7 Å². The van der Waals surface area contributed by atoms with Gasteiger partial charge >= 0.3 is 0 Å². The third-order valence-electron chi connectivity index (χ3n) is 1.70. The van der Waals surface area contributed by atoms with Crippen LogP contribution in [0.3, 0.4) is 0 Å². The molecular weight excluding hydrogens is 205 g/mol. The molecule has 0 bridgehead atoms. The van der Waals surface area contributed by atoms with Crippen molar-refractivity contribution in [1.29, 1.82) is 5.26 Å². The second-order valence-electron chi connectivity index (χ2n) is 2.70. The molecule has 1 unspecified atom stereocenters. The number of hydrogen-bond donors (Lipinski definition) is 0. The molecule has 0 aromatic heterocycles. The summed E-state index contributed by atoms with van der Waals surface area (Å²) in [7, 11) is 0. The van der Waals surface area contributed by atoms with Gasteiger partial charge in [-0.3, -0.25) is 0 Å². The van der Waals surface area contributed by atoms with Crippen molar-refractivity contribution in [3.63, 3.8) is 0 Å². The van der Waals surface area contributed by atoms with Gasteiger partial charge in [-0.1, -0.05) is 24.6 Å². The van der Waals surface area contributed by atoms with E-state index >= 15 is 0 Å². The van der Waals surface area contributed by atoms with Gasteiger partial charge in [-0.05, 0) is 18.6 Å². The molecule has 0 aliphatic heterocycles. The number of halogens is 2. The molecule has 0 aliphatic carbocycles. The first-order chi connectivity index (χ1) is 6.69. The first-order valence-electron chi connectivity index (χ1n) is 4.19. The van der Waals surface area contributed by atoms with Crippen LogP contribution in [0.1, 0.15) is 13.3 Å². The Kier molecular flexibility index (Phi) is 3.73. The molecular formula is C10H9ClFNO. The molecule has 4 heteroatoms. The quantitative estimate of drug-likeness (QED) is 0.773. The summed E-state index contributed by atoms with van der Waals surface area (Å²) < 4.78 is 18.4. The van der Waals surface area contributed by atoms with Crippen LogP contribution in [0.15, 0.2) is 18.2 Å². The molecule has 0 spiro atoms. The summed E-state index contributed by atoms with van der Waals surface area (Å²) in [5.41, 5.74) is 0. The van der Waals surface area contributed by atoms with E-state index < -0.39 is 11.9 Å². The molecule has 1 aromatic rings. The summed E-state index contributed by atoms with van der Waals surface area (Å²) >= 11 is 5.55. The van der Waals surface area contributed by atoms with E-state index in [4.69, 9.17) is 21.6 Å². The molecule has 1 atom stereocenters. The van der Waals surface area contributed by atoms with E-state index in [-0.39, 0.29) is 10.8 Å². The molecule has 0 N–H and O–H groups in total. The third kappa shape index (κ3) is 2.36. The van der Waals surface area contributed by atoms with Crippen LogP contribution in [0.5, 0.6) is 5.75 Å². The van der Waals surface area contributed by atoms with Crippen molar-refractivity contribution in [2.45, 2.75) is 19.4 Å². The van der Waals surface area contributed by atoms with Crippen molar-refractivity contribution in [2.24, 2.45) is 0 Å². The highest BCUT2D eigenvalue weighted by Crippen LogP contribution is 2.25. The molecule has 1 rings (SSSR count). The maximum atomic E-state index is 13.3. The maximum Gasteiger partial charge on any atom is 0.184 e. The Labute approximate surface area is 86.9 Å². The minimum Gasteiger partial charge on any atom is -0.472 e.